The minimum atomic E-state index is 0.403. The number of hydrogen-bond acceptors (Lipinski definition) is 8. The van der Waals surface area contributed by atoms with E-state index in [9.17, 15) is 0 Å². The average molecular weight is 286 g/mol. The molecule has 3 aromatic rings. The molecule has 0 aliphatic carbocycles. The molecule has 20 heavy (non-hydrogen) atoms. The van der Waals surface area contributed by atoms with Crippen molar-refractivity contribution >= 4 is 17.7 Å². The first kappa shape index (κ1) is 12.5. The summed E-state index contributed by atoms with van der Waals surface area (Å²) in [7, 11) is 1.75. The maximum atomic E-state index is 4.34. The van der Waals surface area contributed by atoms with E-state index >= 15 is 0 Å². The molecule has 0 bridgehead atoms. The molecule has 0 aromatic carbocycles. The first-order chi connectivity index (χ1) is 9.85. The third kappa shape index (κ3) is 2.72. The Labute approximate surface area is 118 Å². The molecule has 8 nitrogen and oxygen atoms in total. The van der Waals surface area contributed by atoms with E-state index in [1.54, 1.807) is 13.2 Å². The minimum Gasteiger partial charge on any atom is -0.357 e. The van der Waals surface area contributed by atoms with Gasteiger partial charge < -0.3 is 5.32 Å². The van der Waals surface area contributed by atoms with E-state index in [1.165, 1.54) is 29.1 Å². The van der Waals surface area contributed by atoms with Crippen molar-refractivity contribution in [3.8, 4) is 5.95 Å². The summed E-state index contributed by atoms with van der Waals surface area (Å²) in [5, 5.41) is 8.25. The molecule has 0 saturated carbocycles. The number of nitrogens with one attached hydrogen (secondary N) is 1. The van der Waals surface area contributed by atoms with Crippen molar-refractivity contribution < 1.29 is 0 Å². The predicted octanol–water partition coefficient (Wildman–Crippen LogP) is 1.04. The fraction of sp³-hybridized carbons (Fsp3) is 0.0909. The van der Waals surface area contributed by atoms with Crippen molar-refractivity contribution in [3.63, 3.8) is 0 Å². The summed E-state index contributed by atoms with van der Waals surface area (Å²) in [4.78, 5) is 21.0. The number of aromatic nitrogens is 7. The molecule has 3 heterocycles. The lowest BCUT2D eigenvalue weighted by Crippen LogP contribution is -2.07. The molecule has 0 saturated heterocycles. The van der Waals surface area contributed by atoms with Gasteiger partial charge in [0.1, 0.15) is 17.7 Å². The van der Waals surface area contributed by atoms with Crippen LogP contribution in [0.25, 0.3) is 5.95 Å². The standard InChI is InChI=1S/C11H10N8S/c1-12-9-16-10(19-7-13-6-15-19)18-11(17-9)20-8-4-2-3-5-14-8/h2-7H,1H3,(H,12,16,17,18). The maximum absolute atomic E-state index is 4.34. The van der Waals surface area contributed by atoms with E-state index in [1.807, 2.05) is 18.2 Å². The van der Waals surface area contributed by atoms with E-state index < -0.39 is 0 Å². The average Bonchev–Trinajstić information content (AvgIpc) is 3.02. The third-order valence-electron chi connectivity index (χ3n) is 2.28. The Hall–Kier alpha value is -2.55. The first-order valence-electron chi connectivity index (χ1n) is 5.73. The zero-order valence-corrected chi connectivity index (χ0v) is 11.3. The molecule has 100 valence electrons. The molecule has 0 radical (unpaired) electrons. The van der Waals surface area contributed by atoms with Crippen LogP contribution in [0.15, 0.2) is 47.2 Å². The highest BCUT2D eigenvalue weighted by Gasteiger charge is 2.09. The normalized spacial score (nSPS) is 10.4. The number of nitrogens with zero attached hydrogens (tertiary/aromatic N) is 7. The van der Waals surface area contributed by atoms with Crippen LogP contribution in [0.5, 0.6) is 0 Å². The van der Waals surface area contributed by atoms with Crippen LogP contribution in [0.1, 0.15) is 0 Å². The summed E-state index contributed by atoms with van der Waals surface area (Å²) >= 11 is 1.35. The maximum Gasteiger partial charge on any atom is 0.257 e. The molecule has 0 atom stereocenters. The highest BCUT2D eigenvalue weighted by Crippen LogP contribution is 2.23. The largest absolute Gasteiger partial charge is 0.357 e. The minimum absolute atomic E-state index is 0.403. The van der Waals surface area contributed by atoms with Crippen molar-refractivity contribution in [1.29, 1.82) is 0 Å². The fourth-order valence-electron chi connectivity index (χ4n) is 1.42. The molecule has 0 fully saturated rings. The van der Waals surface area contributed by atoms with Crippen LogP contribution < -0.4 is 5.32 Å². The van der Waals surface area contributed by atoms with E-state index in [-0.39, 0.29) is 0 Å². The Morgan fingerprint density at radius 3 is 2.85 bits per heavy atom. The van der Waals surface area contributed by atoms with E-state index in [0.29, 0.717) is 17.1 Å². The molecule has 0 aliphatic heterocycles. The van der Waals surface area contributed by atoms with Gasteiger partial charge in [-0.25, -0.2) is 9.97 Å². The molecule has 3 rings (SSSR count). The smallest absolute Gasteiger partial charge is 0.257 e. The van der Waals surface area contributed by atoms with Gasteiger partial charge in [0, 0.05) is 13.2 Å². The predicted molar refractivity (Wildman–Crippen MR) is 72.7 cm³/mol. The van der Waals surface area contributed by atoms with Gasteiger partial charge in [-0.2, -0.15) is 24.7 Å². The van der Waals surface area contributed by atoms with E-state index in [2.05, 4.69) is 35.3 Å². The summed E-state index contributed by atoms with van der Waals surface area (Å²) in [5.41, 5.74) is 0. The zero-order chi connectivity index (χ0) is 13.8. The fourth-order valence-corrected chi connectivity index (χ4v) is 2.12. The van der Waals surface area contributed by atoms with Gasteiger partial charge in [0.2, 0.25) is 11.1 Å². The van der Waals surface area contributed by atoms with Gasteiger partial charge in [0.15, 0.2) is 0 Å². The number of anilines is 1. The van der Waals surface area contributed by atoms with Crippen LogP contribution in [0.2, 0.25) is 0 Å². The number of rotatable bonds is 4. The van der Waals surface area contributed by atoms with Gasteiger partial charge in [0.05, 0.1) is 0 Å². The second kappa shape index (κ2) is 5.61. The lowest BCUT2D eigenvalue weighted by molar-refractivity contribution is 0.760. The second-order valence-electron chi connectivity index (χ2n) is 3.60. The molecule has 3 aromatic heterocycles. The molecule has 1 N–H and O–H groups in total. The SMILES string of the molecule is CNc1nc(Sc2ccccn2)nc(-n2cncn2)n1. The second-order valence-corrected chi connectivity index (χ2v) is 4.59. The Morgan fingerprint density at radius 1 is 1.20 bits per heavy atom. The van der Waals surface area contributed by atoms with Gasteiger partial charge in [-0.15, -0.1) is 0 Å². The molecule has 0 amide bonds. The van der Waals surface area contributed by atoms with Crippen molar-refractivity contribution in [2.24, 2.45) is 0 Å². The first-order valence-corrected chi connectivity index (χ1v) is 6.54. The van der Waals surface area contributed by atoms with Crippen molar-refractivity contribution in [2.45, 2.75) is 10.2 Å². The van der Waals surface area contributed by atoms with Crippen LogP contribution in [-0.4, -0.2) is 41.7 Å². The lowest BCUT2D eigenvalue weighted by Gasteiger charge is -2.05. The van der Waals surface area contributed by atoms with Gasteiger partial charge in [-0.3, -0.25) is 0 Å². The van der Waals surface area contributed by atoms with Crippen LogP contribution in [-0.2, 0) is 0 Å². The van der Waals surface area contributed by atoms with E-state index in [0.717, 1.165) is 5.03 Å². The Balaban J connectivity index is 1.96. The highest BCUT2D eigenvalue weighted by molar-refractivity contribution is 7.99. The Kier molecular flexibility index (Phi) is 3.50. The van der Waals surface area contributed by atoms with Crippen molar-refractivity contribution in [1.82, 2.24) is 34.7 Å². The zero-order valence-electron chi connectivity index (χ0n) is 10.5. The van der Waals surface area contributed by atoms with Gasteiger partial charge in [-0.1, -0.05) is 6.07 Å². The molecular weight excluding hydrogens is 276 g/mol. The molecule has 0 aliphatic rings. The molecular formula is C11H10N8S. The Morgan fingerprint density at radius 2 is 2.15 bits per heavy atom. The van der Waals surface area contributed by atoms with Gasteiger partial charge in [0.25, 0.3) is 5.95 Å². The van der Waals surface area contributed by atoms with Crippen LogP contribution in [0, 0.1) is 0 Å². The van der Waals surface area contributed by atoms with E-state index in [4.69, 9.17) is 0 Å². The summed E-state index contributed by atoms with van der Waals surface area (Å²) < 4.78 is 1.48. The van der Waals surface area contributed by atoms with Crippen molar-refractivity contribution in [3.05, 3.63) is 37.1 Å². The monoisotopic (exact) mass is 286 g/mol. The molecule has 0 unspecified atom stereocenters. The summed E-state index contributed by atoms with van der Waals surface area (Å²) in [6.07, 6.45) is 4.68. The summed E-state index contributed by atoms with van der Waals surface area (Å²) in [5.74, 6) is 0.865. The topological polar surface area (TPSA) is 94.3 Å². The highest BCUT2D eigenvalue weighted by atomic mass is 32.2. The third-order valence-corrected chi connectivity index (χ3v) is 3.10. The van der Waals surface area contributed by atoms with Crippen LogP contribution >= 0.6 is 11.8 Å². The Bertz CT molecular complexity index is 685. The molecule has 9 heteroatoms. The summed E-state index contributed by atoms with van der Waals surface area (Å²) in [6.45, 7) is 0. The number of pyridine rings is 1. The molecule has 0 spiro atoms. The quantitative estimate of drug-likeness (QED) is 0.760. The van der Waals surface area contributed by atoms with Crippen LogP contribution in [0.3, 0.4) is 0 Å². The number of hydrogen-bond donors (Lipinski definition) is 1. The van der Waals surface area contributed by atoms with Crippen LogP contribution in [0.4, 0.5) is 5.95 Å². The van der Waals surface area contributed by atoms with Gasteiger partial charge >= 0.3 is 0 Å². The van der Waals surface area contributed by atoms with Gasteiger partial charge in [-0.05, 0) is 23.9 Å². The van der Waals surface area contributed by atoms with Crippen molar-refractivity contribution in [2.75, 3.05) is 12.4 Å². The summed E-state index contributed by atoms with van der Waals surface area (Å²) in [6, 6.07) is 5.66. The lowest BCUT2D eigenvalue weighted by atomic mass is 10.5.